The van der Waals surface area contributed by atoms with Crippen molar-refractivity contribution in [2.75, 3.05) is 7.05 Å². The van der Waals surface area contributed by atoms with Crippen molar-refractivity contribution in [3.63, 3.8) is 0 Å². The van der Waals surface area contributed by atoms with Gasteiger partial charge in [0.25, 0.3) is 0 Å². The van der Waals surface area contributed by atoms with E-state index in [-0.39, 0.29) is 11.9 Å². The van der Waals surface area contributed by atoms with E-state index in [1.807, 2.05) is 20.9 Å². The normalized spacial score (nSPS) is 12.4. The molecule has 114 valence electrons. The molecule has 2 aromatic rings. The second-order valence-corrected chi connectivity index (χ2v) is 6.52. The van der Waals surface area contributed by atoms with Crippen LogP contribution in [0.1, 0.15) is 41.4 Å². The number of amides is 1. The van der Waals surface area contributed by atoms with E-state index < -0.39 is 0 Å². The summed E-state index contributed by atoms with van der Waals surface area (Å²) in [5.74, 6) is 0.132. The number of carbonyl (C=O) groups is 1. The Morgan fingerprint density at radius 2 is 2.24 bits per heavy atom. The van der Waals surface area contributed by atoms with Gasteiger partial charge in [0.1, 0.15) is 12.7 Å². The minimum Gasteiger partial charge on any atom is -0.337 e. The molecule has 0 saturated carbocycles. The molecule has 0 fully saturated rings. The first kappa shape index (κ1) is 15.6. The van der Waals surface area contributed by atoms with Crippen molar-refractivity contribution in [1.29, 1.82) is 0 Å². The van der Waals surface area contributed by atoms with Crippen molar-refractivity contribution in [2.45, 2.75) is 46.2 Å². The highest BCUT2D eigenvalue weighted by atomic mass is 32.1. The molecule has 0 radical (unpaired) electrons. The van der Waals surface area contributed by atoms with Gasteiger partial charge in [-0.25, -0.2) is 9.97 Å². The molecule has 21 heavy (non-hydrogen) atoms. The SMILES string of the molecule is Cc1nc(C(C)N(C)C(=O)CCCn2cncn2)c(C)s1. The minimum absolute atomic E-state index is 0.00817. The fourth-order valence-electron chi connectivity index (χ4n) is 2.25. The topological polar surface area (TPSA) is 63.9 Å². The Morgan fingerprint density at radius 1 is 1.48 bits per heavy atom. The summed E-state index contributed by atoms with van der Waals surface area (Å²) in [6.07, 6.45) is 4.43. The third-order valence-corrected chi connectivity index (χ3v) is 4.46. The number of nitrogens with zero attached hydrogens (tertiary/aromatic N) is 5. The van der Waals surface area contributed by atoms with E-state index >= 15 is 0 Å². The molecule has 0 aliphatic carbocycles. The molecule has 0 saturated heterocycles. The van der Waals surface area contributed by atoms with Gasteiger partial charge in [-0.3, -0.25) is 9.48 Å². The summed E-state index contributed by atoms with van der Waals surface area (Å²) < 4.78 is 1.74. The Balaban J connectivity index is 1.88. The van der Waals surface area contributed by atoms with Gasteiger partial charge in [-0.1, -0.05) is 0 Å². The summed E-state index contributed by atoms with van der Waals surface area (Å²) >= 11 is 1.68. The van der Waals surface area contributed by atoms with Gasteiger partial charge >= 0.3 is 0 Å². The molecule has 2 rings (SSSR count). The van der Waals surface area contributed by atoms with Crippen LogP contribution in [-0.2, 0) is 11.3 Å². The lowest BCUT2D eigenvalue weighted by atomic mass is 10.1. The van der Waals surface area contributed by atoms with Gasteiger partial charge in [-0.15, -0.1) is 11.3 Å². The summed E-state index contributed by atoms with van der Waals surface area (Å²) in [7, 11) is 1.84. The lowest BCUT2D eigenvalue weighted by molar-refractivity contribution is -0.132. The Morgan fingerprint density at radius 3 is 2.81 bits per heavy atom. The summed E-state index contributed by atoms with van der Waals surface area (Å²) in [5.41, 5.74) is 1.00. The maximum absolute atomic E-state index is 12.3. The predicted octanol–water partition coefficient (Wildman–Crippen LogP) is 2.35. The average molecular weight is 307 g/mol. The van der Waals surface area contributed by atoms with E-state index in [4.69, 9.17) is 0 Å². The van der Waals surface area contributed by atoms with Crippen LogP contribution < -0.4 is 0 Å². The van der Waals surface area contributed by atoms with Crippen LogP contribution in [0.2, 0.25) is 0 Å². The first-order valence-corrected chi connectivity index (χ1v) is 7.82. The number of thiazole rings is 1. The van der Waals surface area contributed by atoms with Crippen LogP contribution in [0.5, 0.6) is 0 Å². The zero-order chi connectivity index (χ0) is 15.4. The number of aromatic nitrogens is 4. The van der Waals surface area contributed by atoms with Crippen LogP contribution in [0, 0.1) is 13.8 Å². The molecule has 0 spiro atoms. The maximum atomic E-state index is 12.3. The van der Waals surface area contributed by atoms with E-state index in [0.29, 0.717) is 13.0 Å². The molecule has 0 N–H and O–H groups in total. The van der Waals surface area contributed by atoms with Crippen molar-refractivity contribution < 1.29 is 4.79 Å². The Labute approximate surface area is 128 Å². The van der Waals surface area contributed by atoms with E-state index in [1.54, 1.807) is 27.2 Å². The lowest BCUT2D eigenvalue weighted by Gasteiger charge is -2.24. The van der Waals surface area contributed by atoms with Crippen LogP contribution in [0.25, 0.3) is 0 Å². The van der Waals surface area contributed by atoms with Gasteiger partial charge in [-0.2, -0.15) is 5.10 Å². The maximum Gasteiger partial charge on any atom is 0.222 e. The van der Waals surface area contributed by atoms with Gasteiger partial charge in [0.15, 0.2) is 0 Å². The minimum atomic E-state index is 0.00817. The number of aryl methyl sites for hydroxylation is 3. The average Bonchev–Trinajstić information content (AvgIpc) is 3.06. The third kappa shape index (κ3) is 3.87. The zero-order valence-corrected chi connectivity index (χ0v) is 13.7. The molecule has 0 aliphatic rings. The third-order valence-electron chi connectivity index (χ3n) is 3.55. The van der Waals surface area contributed by atoms with E-state index in [2.05, 4.69) is 22.0 Å². The van der Waals surface area contributed by atoms with Crippen molar-refractivity contribution >= 4 is 17.2 Å². The van der Waals surface area contributed by atoms with Crippen LogP contribution in [0.3, 0.4) is 0 Å². The van der Waals surface area contributed by atoms with Crippen molar-refractivity contribution in [3.8, 4) is 0 Å². The lowest BCUT2D eigenvalue weighted by Crippen LogP contribution is -2.30. The largest absolute Gasteiger partial charge is 0.337 e. The molecule has 1 amide bonds. The van der Waals surface area contributed by atoms with Crippen LogP contribution in [-0.4, -0.2) is 37.6 Å². The highest BCUT2D eigenvalue weighted by Crippen LogP contribution is 2.26. The smallest absolute Gasteiger partial charge is 0.222 e. The fourth-order valence-corrected chi connectivity index (χ4v) is 3.16. The number of hydrogen-bond acceptors (Lipinski definition) is 5. The van der Waals surface area contributed by atoms with Gasteiger partial charge < -0.3 is 4.90 Å². The molecule has 0 aliphatic heterocycles. The standard InChI is InChI=1S/C14H21N5OS/c1-10(14-11(2)21-12(3)17-14)18(4)13(20)6-5-7-19-9-15-8-16-19/h8-10H,5-7H2,1-4H3. The molecule has 0 bridgehead atoms. The fraction of sp³-hybridized carbons (Fsp3) is 0.571. The first-order chi connectivity index (χ1) is 9.99. The quantitative estimate of drug-likeness (QED) is 0.822. The molecule has 1 atom stereocenters. The van der Waals surface area contributed by atoms with Crippen molar-refractivity contribution in [1.82, 2.24) is 24.6 Å². The Kier molecular flexibility index (Phi) is 5.06. The van der Waals surface area contributed by atoms with E-state index in [0.717, 1.165) is 17.1 Å². The highest BCUT2D eigenvalue weighted by Gasteiger charge is 2.21. The van der Waals surface area contributed by atoms with Gasteiger partial charge in [0, 0.05) is 24.9 Å². The predicted molar refractivity (Wildman–Crippen MR) is 82.0 cm³/mol. The molecule has 2 heterocycles. The Hall–Kier alpha value is -1.76. The summed E-state index contributed by atoms with van der Waals surface area (Å²) in [4.78, 5) is 23.6. The number of carbonyl (C=O) groups excluding carboxylic acids is 1. The molecule has 2 aromatic heterocycles. The monoisotopic (exact) mass is 307 g/mol. The molecule has 0 aromatic carbocycles. The van der Waals surface area contributed by atoms with Crippen molar-refractivity contribution in [2.24, 2.45) is 0 Å². The van der Waals surface area contributed by atoms with E-state index in [9.17, 15) is 4.79 Å². The second-order valence-electron chi connectivity index (χ2n) is 5.12. The molecule has 7 heteroatoms. The molecule has 6 nitrogen and oxygen atoms in total. The first-order valence-electron chi connectivity index (χ1n) is 7.01. The summed E-state index contributed by atoms with van der Waals surface area (Å²) in [5, 5.41) is 5.07. The molecular weight excluding hydrogens is 286 g/mol. The zero-order valence-electron chi connectivity index (χ0n) is 12.9. The van der Waals surface area contributed by atoms with Crippen LogP contribution in [0.15, 0.2) is 12.7 Å². The Bertz CT molecular complexity index is 593. The van der Waals surface area contributed by atoms with Gasteiger partial charge in [-0.05, 0) is 27.2 Å². The van der Waals surface area contributed by atoms with Gasteiger partial charge in [0.05, 0.1) is 16.7 Å². The second kappa shape index (κ2) is 6.80. The number of rotatable bonds is 6. The number of hydrogen-bond donors (Lipinski definition) is 0. The molecular formula is C14H21N5OS. The van der Waals surface area contributed by atoms with Crippen LogP contribution >= 0.6 is 11.3 Å². The van der Waals surface area contributed by atoms with Crippen LogP contribution in [0.4, 0.5) is 0 Å². The van der Waals surface area contributed by atoms with Gasteiger partial charge in [0.2, 0.25) is 5.91 Å². The summed E-state index contributed by atoms with van der Waals surface area (Å²) in [6.45, 7) is 6.78. The van der Waals surface area contributed by atoms with Crippen molar-refractivity contribution in [3.05, 3.63) is 28.2 Å². The molecule has 1 unspecified atom stereocenters. The van der Waals surface area contributed by atoms with E-state index in [1.165, 1.54) is 11.2 Å². The highest BCUT2D eigenvalue weighted by molar-refractivity contribution is 7.11. The summed E-state index contributed by atoms with van der Waals surface area (Å²) in [6, 6.07) is 0.00817.